The molecule has 12 heteroatoms. The smallest absolute Gasteiger partial charge is 0.322 e. The Morgan fingerprint density at radius 2 is 1.80 bits per heavy atom. The SMILES string of the molecule is Cc1cc(C[C@@H](CC(=O)N2CCC(N3Cc4sccc4NC3=O)CC2)C(=O)N2CCN(c3ccncc3)CC2)cc(Cl)c1N. The van der Waals surface area contributed by atoms with Gasteiger partial charge in [0.25, 0.3) is 0 Å². The highest BCUT2D eigenvalue weighted by Crippen LogP contribution is 2.32. The van der Waals surface area contributed by atoms with Crippen molar-refractivity contribution in [1.29, 1.82) is 0 Å². The van der Waals surface area contributed by atoms with E-state index in [1.807, 2.05) is 57.3 Å². The summed E-state index contributed by atoms with van der Waals surface area (Å²) in [6, 6.07) is 9.66. The minimum Gasteiger partial charge on any atom is -0.397 e. The van der Waals surface area contributed by atoms with Crippen LogP contribution in [0.1, 0.15) is 35.3 Å². The number of rotatable bonds is 7. The van der Waals surface area contributed by atoms with Crippen molar-refractivity contribution < 1.29 is 14.4 Å². The predicted octanol–water partition coefficient (Wildman–Crippen LogP) is 4.62. The molecule has 0 bridgehead atoms. The van der Waals surface area contributed by atoms with Gasteiger partial charge in [0.1, 0.15) is 0 Å². The number of urea groups is 1. The molecule has 0 spiro atoms. The van der Waals surface area contributed by atoms with Crippen LogP contribution >= 0.6 is 22.9 Å². The lowest BCUT2D eigenvalue weighted by Gasteiger charge is -2.40. The van der Waals surface area contributed by atoms with Gasteiger partial charge in [-0.3, -0.25) is 14.6 Å². The number of hydrogen-bond acceptors (Lipinski definition) is 7. The fourth-order valence-electron chi connectivity index (χ4n) is 6.52. The van der Waals surface area contributed by atoms with Crippen LogP contribution in [0.2, 0.25) is 5.02 Å². The monoisotopic (exact) mass is 635 g/mol. The normalized spacial score (nSPS) is 18.2. The van der Waals surface area contributed by atoms with Crippen LogP contribution < -0.4 is 16.0 Å². The number of nitrogens with zero attached hydrogens (tertiary/aromatic N) is 5. The molecule has 6 rings (SSSR count). The number of anilines is 3. The van der Waals surface area contributed by atoms with E-state index in [0.29, 0.717) is 75.8 Å². The molecular formula is C32H38ClN7O3S. The summed E-state index contributed by atoms with van der Waals surface area (Å²) in [7, 11) is 0. The summed E-state index contributed by atoms with van der Waals surface area (Å²) < 4.78 is 0. The summed E-state index contributed by atoms with van der Waals surface area (Å²) in [6.07, 6.45) is 5.50. The van der Waals surface area contributed by atoms with Crippen LogP contribution in [0.4, 0.5) is 21.9 Å². The van der Waals surface area contributed by atoms with Gasteiger partial charge in [-0.1, -0.05) is 17.7 Å². The third-order valence-corrected chi connectivity index (χ3v) is 10.3. The van der Waals surface area contributed by atoms with Gasteiger partial charge in [0.05, 0.1) is 28.9 Å². The number of halogens is 1. The van der Waals surface area contributed by atoms with Crippen molar-refractivity contribution in [3.8, 4) is 0 Å². The Hall–Kier alpha value is -3.83. The van der Waals surface area contributed by atoms with Gasteiger partial charge >= 0.3 is 6.03 Å². The molecule has 232 valence electrons. The first-order valence-corrected chi connectivity index (χ1v) is 16.4. The average Bonchev–Trinajstić information content (AvgIpc) is 3.50. The van der Waals surface area contributed by atoms with Crippen molar-refractivity contribution >= 4 is 57.8 Å². The lowest BCUT2D eigenvalue weighted by molar-refractivity contribution is -0.142. The van der Waals surface area contributed by atoms with Crippen LogP contribution in [0.15, 0.2) is 48.1 Å². The topological polar surface area (TPSA) is 115 Å². The molecule has 3 aromatic rings. The summed E-state index contributed by atoms with van der Waals surface area (Å²) in [6.45, 7) is 6.22. The quantitative estimate of drug-likeness (QED) is 0.366. The number of aryl methyl sites for hydroxylation is 1. The second-order valence-corrected chi connectivity index (χ2v) is 13.3. The van der Waals surface area contributed by atoms with Gasteiger partial charge < -0.3 is 30.7 Å². The number of pyridine rings is 1. The van der Waals surface area contributed by atoms with Gasteiger partial charge in [-0.15, -0.1) is 11.3 Å². The van der Waals surface area contributed by atoms with Crippen molar-refractivity contribution in [3.05, 3.63) is 69.1 Å². The second kappa shape index (κ2) is 13.0. The van der Waals surface area contributed by atoms with E-state index in [1.54, 1.807) is 23.7 Å². The number of likely N-dealkylation sites (tertiary alicyclic amines) is 1. The summed E-state index contributed by atoms with van der Waals surface area (Å²) >= 11 is 8.05. The molecule has 4 amide bonds. The number of nitrogens with two attached hydrogens (primary N) is 1. The molecule has 1 atom stereocenters. The molecule has 3 aliphatic heterocycles. The van der Waals surface area contributed by atoms with E-state index >= 15 is 0 Å². The number of carbonyl (C=O) groups excluding carboxylic acids is 3. The minimum absolute atomic E-state index is 0.00930. The Kier molecular flexibility index (Phi) is 8.95. The molecule has 1 aromatic carbocycles. The van der Waals surface area contributed by atoms with Crippen LogP contribution in [0, 0.1) is 12.8 Å². The third kappa shape index (κ3) is 6.49. The minimum atomic E-state index is -0.517. The average molecular weight is 636 g/mol. The van der Waals surface area contributed by atoms with Crippen molar-refractivity contribution in [2.24, 2.45) is 5.92 Å². The van der Waals surface area contributed by atoms with Gasteiger partial charge in [0, 0.05) is 74.7 Å². The number of hydrogen-bond donors (Lipinski definition) is 2. The van der Waals surface area contributed by atoms with E-state index in [9.17, 15) is 14.4 Å². The molecule has 2 saturated heterocycles. The first-order valence-electron chi connectivity index (χ1n) is 15.2. The Morgan fingerprint density at radius 1 is 1.07 bits per heavy atom. The highest BCUT2D eigenvalue weighted by atomic mass is 35.5. The molecule has 3 aliphatic rings. The second-order valence-electron chi connectivity index (χ2n) is 11.9. The number of nitrogens with one attached hydrogen (secondary N) is 1. The molecule has 0 unspecified atom stereocenters. The maximum atomic E-state index is 14.0. The van der Waals surface area contributed by atoms with Gasteiger partial charge in [-0.25, -0.2) is 4.79 Å². The Labute approximate surface area is 266 Å². The maximum Gasteiger partial charge on any atom is 0.322 e. The number of benzene rings is 1. The first-order chi connectivity index (χ1) is 21.3. The number of thiophene rings is 1. The number of piperazine rings is 1. The van der Waals surface area contributed by atoms with Gasteiger partial charge in [0.2, 0.25) is 11.8 Å². The largest absolute Gasteiger partial charge is 0.397 e. The number of fused-ring (bicyclic) bond motifs is 1. The van der Waals surface area contributed by atoms with Crippen LogP contribution in [0.5, 0.6) is 0 Å². The van der Waals surface area contributed by atoms with Crippen LogP contribution in [0.3, 0.4) is 0 Å². The first kappa shape index (κ1) is 30.2. The molecule has 0 saturated carbocycles. The zero-order valence-corrected chi connectivity index (χ0v) is 26.4. The van der Waals surface area contributed by atoms with Crippen molar-refractivity contribution in [2.45, 2.75) is 45.2 Å². The molecular weight excluding hydrogens is 598 g/mol. The molecule has 2 fully saturated rings. The lowest BCUT2D eigenvalue weighted by Crippen LogP contribution is -2.52. The van der Waals surface area contributed by atoms with E-state index < -0.39 is 5.92 Å². The maximum absolute atomic E-state index is 14.0. The molecule has 2 aromatic heterocycles. The fraction of sp³-hybridized carbons (Fsp3) is 0.438. The lowest BCUT2D eigenvalue weighted by atomic mass is 9.92. The van der Waals surface area contributed by atoms with E-state index in [1.165, 1.54) is 0 Å². The Balaban J connectivity index is 1.11. The van der Waals surface area contributed by atoms with E-state index in [0.717, 1.165) is 27.4 Å². The number of amides is 4. The molecule has 3 N–H and O–H groups in total. The zero-order valence-electron chi connectivity index (χ0n) is 24.9. The third-order valence-electron chi connectivity index (χ3n) is 9.09. The standard InChI is InChI=1S/C32H38ClN7O3S/c1-21-16-22(18-26(33)30(21)34)17-23(31(42)39-13-11-37(12-14-39)24-2-7-35-8-3-24)19-29(41)38-9-4-25(5-10-38)40-20-28-27(6-15-44-28)36-32(40)43/h2-3,6-8,15-16,18,23,25H,4-5,9-14,17,19-20,34H2,1H3,(H,36,43)/t23-/m0/s1. The summed E-state index contributed by atoms with van der Waals surface area (Å²) in [5, 5.41) is 5.44. The molecule has 0 aliphatic carbocycles. The summed E-state index contributed by atoms with van der Waals surface area (Å²) in [4.78, 5) is 53.6. The van der Waals surface area contributed by atoms with Crippen molar-refractivity contribution in [1.82, 2.24) is 19.7 Å². The van der Waals surface area contributed by atoms with E-state index in [4.69, 9.17) is 17.3 Å². The van der Waals surface area contributed by atoms with Gasteiger partial charge in [-0.2, -0.15) is 0 Å². The Bertz CT molecular complexity index is 1490. The number of carbonyl (C=O) groups is 3. The van der Waals surface area contributed by atoms with Crippen LogP contribution in [-0.2, 0) is 22.6 Å². The van der Waals surface area contributed by atoms with Crippen molar-refractivity contribution in [3.63, 3.8) is 0 Å². The molecule has 5 heterocycles. The summed E-state index contributed by atoms with van der Waals surface area (Å²) in [5.41, 5.74) is 10.4. The van der Waals surface area contributed by atoms with Crippen LogP contribution in [-0.4, -0.2) is 82.8 Å². The highest BCUT2D eigenvalue weighted by molar-refractivity contribution is 7.10. The molecule has 44 heavy (non-hydrogen) atoms. The molecule has 10 nitrogen and oxygen atoms in total. The van der Waals surface area contributed by atoms with Gasteiger partial charge in [0.15, 0.2) is 0 Å². The Morgan fingerprint density at radius 3 is 2.50 bits per heavy atom. The van der Waals surface area contributed by atoms with Crippen molar-refractivity contribution in [2.75, 3.05) is 55.2 Å². The number of nitrogen functional groups attached to an aromatic ring is 1. The van der Waals surface area contributed by atoms with Gasteiger partial charge in [-0.05, 0) is 67.0 Å². The zero-order chi connectivity index (χ0) is 30.8. The predicted molar refractivity (Wildman–Crippen MR) is 174 cm³/mol. The fourth-order valence-corrected chi connectivity index (χ4v) is 7.64. The van der Waals surface area contributed by atoms with Crippen LogP contribution in [0.25, 0.3) is 0 Å². The van der Waals surface area contributed by atoms with E-state index in [2.05, 4.69) is 15.2 Å². The highest BCUT2D eigenvalue weighted by Gasteiger charge is 2.35. The number of aromatic nitrogens is 1. The van der Waals surface area contributed by atoms with E-state index in [-0.39, 0.29) is 30.3 Å². The molecule has 0 radical (unpaired) electrons. The number of piperidine rings is 1. The summed E-state index contributed by atoms with van der Waals surface area (Å²) in [5.74, 6) is -0.555.